The molecule has 3 aromatic rings. The van der Waals surface area contributed by atoms with Crippen LogP contribution in [0.3, 0.4) is 0 Å². The summed E-state index contributed by atoms with van der Waals surface area (Å²) in [4.78, 5) is 26.4. The highest BCUT2D eigenvalue weighted by atomic mass is 32.2. The van der Waals surface area contributed by atoms with E-state index >= 15 is 0 Å². The Morgan fingerprint density at radius 3 is 2.32 bits per heavy atom. The van der Waals surface area contributed by atoms with Gasteiger partial charge in [0.15, 0.2) is 0 Å². The number of carbonyl (C=O) groups is 2. The minimum atomic E-state index is -4.08. The van der Waals surface area contributed by atoms with Crippen LogP contribution >= 0.6 is 0 Å². The zero-order chi connectivity index (χ0) is 24.9. The summed E-state index contributed by atoms with van der Waals surface area (Å²) in [6.45, 7) is 1.50. The summed E-state index contributed by atoms with van der Waals surface area (Å²) in [6.07, 6.45) is 0.0234. The van der Waals surface area contributed by atoms with E-state index in [-0.39, 0.29) is 11.3 Å². The van der Waals surface area contributed by atoms with Crippen LogP contribution in [-0.4, -0.2) is 51.4 Å². The Kier molecular flexibility index (Phi) is 7.66. The molecule has 0 saturated carbocycles. The smallest absolute Gasteiger partial charge is 0.328 e. The van der Waals surface area contributed by atoms with Crippen LogP contribution in [0.1, 0.15) is 18.1 Å². The van der Waals surface area contributed by atoms with Crippen molar-refractivity contribution < 1.29 is 22.7 Å². The molecule has 0 aliphatic rings. The lowest BCUT2D eigenvalue weighted by atomic mass is 10.0. The summed E-state index contributed by atoms with van der Waals surface area (Å²) >= 11 is 0. The molecule has 0 aliphatic heterocycles. The van der Waals surface area contributed by atoms with Gasteiger partial charge in [-0.15, -0.1) is 0 Å². The number of fused-ring (bicyclic) bond motifs is 1. The number of benzene rings is 3. The van der Waals surface area contributed by atoms with Crippen molar-refractivity contribution in [3.63, 3.8) is 0 Å². The zero-order valence-corrected chi connectivity index (χ0v) is 19.9. The van der Waals surface area contributed by atoms with Crippen molar-refractivity contribution in [2.24, 2.45) is 0 Å². The maximum absolute atomic E-state index is 13.3. The van der Waals surface area contributed by atoms with Crippen molar-refractivity contribution in [2.75, 3.05) is 14.2 Å². The third kappa shape index (κ3) is 5.60. The first-order valence-electron chi connectivity index (χ1n) is 10.5. The second kappa shape index (κ2) is 10.5. The lowest BCUT2D eigenvalue weighted by Gasteiger charge is -2.28. The number of nitriles is 1. The SMILES string of the molecule is COC(=O)[C@@H](C)N(C)C(=O)[C@H](Cc1ccc(C#N)cc1)NS(=O)(=O)c1ccc2ccccc2c1. The van der Waals surface area contributed by atoms with Gasteiger partial charge in [0, 0.05) is 7.05 Å². The van der Waals surface area contributed by atoms with Crippen LogP contribution < -0.4 is 4.72 Å². The van der Waals surface area contributed by atoms with E-state index in [9.17, 15) is 18.0 Å². The second-order valence-electron chi connectivity index (χ2n) is 7.84. The molecule has 3 aromatic carbocycles. The van der Waals surface area contributed by atoms with Crippen LogP contribution in [0.15, 0.2) is 71.6 Å². The Hall–Kier alpha value is -3.74. The van der Waals surface area contributed by atoms with Gasteiger partial charge in [0.1, 0.15) is 12.1 Å². The van der Waals surface area contributed by atoms with Crippen LogP contribution in [0.2, 0.25) is 0 Å². The molecule has 9 heteroatoms. The van der Waals surface area contributed by atoms with Crippen molar-refractivity contribution in [1.82, 2.24) is 9.62 Å². The average molecular weight is 480 g/mol. The Morgan fingerprint density at radius 2 is 1.71 bits per heavy atom. The Balaban J connectivity index is 1.94. The molecule has 0 saturated heterocycles. The second-order valence-corrected chi connectivity index (χ2v) is 9.56. The number of methoxy groups -OCH3 is 1. The maximum atomic E-state index is 13.3. The van der Waals surface area contributed by atoms with Gasteiger partial charge in [0.25, 0.3) is 0 Å². The third-order valence-corrected chi connectivity index (χ3v) is 7.09. The van der Waals surface area contributed by atoms with E-state index in [1.807, 2.05) is 24.3 Å². The topological polar surface area (TPSA) is 117 Å². The molecule has 0 heterocycles. The molecule has 3 rings (SSSR count). The number of nitrogens with one attached hydrogen (secondary N) is 1. The van der Waals surface area contributed by atoms with Crippen LogP contribution in [-0.2, 0) is 30.8 Å². The van der Waals surface area contributed by atoms with Gasteiger partial charge >= 0.3 is 5.97 Å². The van der Waals surface area contributed by atoms with Gasteiger partial charge < -0.3 is 9.64 Å². The molecule has 0 fully saturated rings. The predicted octanol–water partition coefficient (Wildman–Crippen LogP) is 2.62. The molecule has 8 nitrogen and oxygen atoms in total. The zero-order valence-electron chi connectivity index (χ0n) is 19.1. The van der Waals surface area contributed by atoms with E-state index in [0.29, 0.717) is 11.1 Å². The quantitative estimate of drug-likeness (QED) is 0.497. The van der Waals surface area contributed by atoms with E-state index in [4.69, 9.17) is 10.00 Å². The number of nitrogens with zero attached hydrogens (tertiary/aromatic N) is 2. The Bertz CT molecular complexity index is 1350. The first-order valence-corrected chi connectivity index (χ1v) is 12.0. The Morgan fingerprint density at radius 1 is 1.06 bits per heavy atom. The van der Waals surface area contributed by atoms with E-state index in [1.165, 1.54) is 27.1 Å². The highest BCUT2D eigenvalue weighted by molar-refractivity contribution is 7.89. The summed E-state index contributed by atoms with van der Waals surface area (Å²) in [5.74, 6) is -1.21. The van der Waals surface area contributed by atoms with Crippen LogP contribution in [0.25, 0.3) is 10.8 Å². The van der Waals surface area contributed by atoms with Gasteiger partial charge in [-0.3, -0.25) is 4.79 Å². The van der Waals surface area contributed by atoms with Crippen LogP contribution in [0.4, 0.5) is 0 Å². The lowest BCUT2D eigenvalue weighted by Crippen LogP contribution is -2.52. The fraction of sp³-hybridized carbons (Fsp3) is 0.240. The fourth-order valence-electron chi connectivity index (χ4n) is 3.49. The van der Waals surface area contributed by atoms with Gasteiger partial charge in [-0.1, -0.05) is 42.5 Å². The lowest BCUT2D eigenvalue weighted by molar-refractivity contribution is -0.151. The molecule has 2 atom stereocenters. The monoisotopic (exact) mass is 479 g/mol. The van der Waals surface area contributed by atoms with Gasteiger partial charge in [0.05, 0.1) is 23.6 Å². The van der Waals surface area contributed by atoms with Gasteiger partial charge in [-0.25, -0.2) is 13.2 Å². The minimum Gasteiger partial charge on any atom is -0.467 e. The summed E-state index contributed by atoms with van der Waals surface area (Å²) in [5, 5.41) is 10.7. The number of likely N-dealkylation sites (N-methyl/N-ethyl adjacent to an activating group) is 1. The molecule has 0 spiro atoms. The highest BCUT2D eigenvalue weighted by Crippen LogP contribution is 2.20. The number of esters is 1. The summed E-state index contributed by atoms with van der Waals surface area (Å²) in [5.41, 5.74) is 1.09. The van der Waals surface area contributed by atoms with E-state index in [1.54, 1.807) is 42.5 Å². The number of amides is 1. The van der Waals surface area contributed by atoms with E-state index < -0.39 is 34.0 Å². The van der Waals surface area contributed by atoms with Crippen molar-refractivity contribution in [2.45, 2.75) is 30.3 Å². The van der Waals surface area contributed by atoms with Crippen molar-refractivity contribution >= 4 is 32.7 Å². The normalized spacial score (nSPS) is 13.0. The number of hydrogen-bond donors (Lipinski definition) is 1. The molecule has 0 bridgehead atoms. The standard InChI is InChI=1S/C25H25N3O5S/c1-17(25(30)33-3)28(2)24(29)23(14-18-8-10-19(16-26)11-9-18)27-34(31,32)22-13-12-20-6-4-5-7-21(20)15-22/h4-13,15,17,23,27H,14H2,1-3H3/t17-,23+/m1/s1. The van der Waals surface area contributed by atoms with E-state index in [2.05, 4.69) is 4.72 Å². The maximum Gasteiger partial charge on any atom is 0.328 e. The predicted molar refractivity (Wildman–Crippen MR) is 127 cm³/mol. The number of sulfonamides is 1. The Labute approximate surface area is 198 Å². The molecule has 34 heavy (non-hydrogen) atoms. The summed E-state index contributed by atoms with van der Waals surface area (Å²) < 4.78 is 33.7. The van der Waals surface area contributed by atoms with Gasteiger partial charge in [-0.2, -0.15) is 9.98 Å². The minimum absolute atomic E-state index is 0.0208. The summed E-state index contributed by atoms with van der Waals surface area (Å²) in [7, 11) is -1.45. The highest BCUT2D eigenvalue weighted by Gasteiger charge is 2.32. The van der Waals surface area contributed by atoms with Crippen molar-refractivity contribution in [1.29, 1.82) is 5.26 Å². The average Bonchev–Trinajstić information content (AvgIpc) is 2.86. The molecule has 0 radical (unpaired) electrons. The fourth-order valence-corrected chi connectivity index (χ4v) is 4.71. The number of hydrogen-bond acceptors (Lipinski definition) is 6. The molecular weight excluding hydrogens is 454 g/mol. The van der Waals surface area contributed by atoms with Crippen molar-refractivity contribution in [3.05, 3.63) is 77.9 Å². The molecular formula is C25H25N3O5S. The molecule has 176 valence electrons. The first kappa shape index (κ1) is 24.9. The molecule has 0 aromatic heterocycles. The van der Waals surface area contributed by atoms with Crippen LogP contribution in [0.5, 0.6) is 0 Å². The van der Waals surface area contributed by atoms with Gasteiger partial charge in [-0.05, 0) is 53.9 Å². The largest absolute Gasteiger partial charge is 0.467 e. The summed E-state index contributed by atoms with van der Waals surface area (Å²) in [6, 6.07) is 18.5. The van der Waals surface area contributed by atoms with Crippen molar-refractivity contribution in [3.8, 4) is 6.07 Å². The number of ether oxygens (including phenoxy) is 1. The van der Waals surface area contributed by atoms with E-state index in [0.717, 1.165) is 15.7 Å². The van der Waals surface area contributed by atoms with Gasteiger partial charge in [0.2, 0.25) is 15.9 Å². The molecule has 1 N–H and O–H groups in total. The molecule has 1 amide bonds. The first-order chi connectivity index (χ1) is 16.2. The van der Waals surface area contributed by atoms with Crippen LogP contribution in [0, 0.1) is 11.3 Å². The molecule has 0 aliphatic carbocycles. The third-order valence-electron chi connectivity index (χ3n) is 5.62. The molecule has 0 unspecified atom stereocenters. The number of rotatable bonds is 8. The number of carbonyl (C=O) groups excluding carboxylic acids is 2.